The van der Waals surface area contributed by atoms with Gasteiger partial charge < -0.3 is 4.74 Å². The summed E-state index contributed by atoms with van der Waals surface area (Å²) in [6.07, 6.45) is 0. The highest BCUT2D eigenvalue weighted by molar-refractivity contribution is 7.93. The Kier molecular flexibility index (Phi) is 4.24. The highest BCUT2D eigenvalue weighted by Gasteiger charge is 2.25. The van der Waals surface area contributed by atoms with Crippen LogP contribution in [-0.2, 0) is 14.8 Å². The van der Waals surface area contributed by atoms with E-state index in [4.69, 9.17) is 0 Å². The van der Waals surface area contributed by atoms with Crippen molar-refractivity contribution in [2.75, 3.05) is 11.8 Å². The van der Waals surface area contributed by atoms with Gasteiger partial charge in [-0.15, -0.1) is 11.3 Å². The van der Waals surface area contributed by atoms with Gasteiger partial charge in [-0.25, -0.2) is 22.0 Å². The molecule has 0 unspecified atom stereocenters. The van der Waals surface area contributed by atoms with Crippen molar-refractivity contribution < 1.29 is 26.7 Å². The van der Waals surface area contributed by atoms with Crippen LogP contribution in [0.5, 0.6) is 0 Å². The fourth-order valence-electron chi connectivity index (χ4n) is 1.57. The molecule has 2 aromatic rings. The second-order valence-electron chi connectivity index (χ2n) is 3.87. The monoisotopic (exact) mass is 333 g/mol. The molecule has 0 spiro atoms. The Bertz CT molecular complexity index is 766. The second-order valence-corrected chi connectivity index (χ2v) is 6.44. The van der Waals surface area contributed by atoms with E-state index in [0.29, 0.717) is 6.07 Å². The maximum absolute atomic E-state index is 13.1. The van der Waals surface area contributed by atoms with E-state index in [1.807, 2.05) is 4.72 Å². The quantitative estimate of drug-likeness (QED) is 0.873. The molecule has 0 saturated heterocycles. The van der Waals surface area contributed by atoms with Crippen LogP contribution in [0, 0.1) is 11.6 Å². The molecule has 0 bridgehead atoms. The molecule has 1 N–H and O–H groups in total. The number of thiophene rings is 1. The molecule has 0 fully saturated rings. The highest BCUT2D eigenvalue weighted by atomic mass is 32.2. The third-order valence-corrected chi connectivity index (χ3v) is 4.85. The van der Waals surface area contributed by atoms with Crippen LogP contribution in [-0.4, -0.2) is 21.5 Å². The van der Waals surface area contributed by atoms with E-state index in [1.165, 1.54) is 11.4 Å². The molecular formula is C12H9F2NO4S2. The van der Waals surface area contributed by atoms with Crippen LogP contribution in [0.1, 0.15) is 9.67 Å². The van der Waals surface area contributed by atoms with Crippen molar-refractivity contribution in [3.63, 3.8) is 0 Å². The summed E-state index contributed by atoms with van der Waals surface area (Å²) in [5, 5.41) is 1.40. The van der Waals surface area contributed by atoms with Crippen LogP contribution < -0.4 is 4.72 Å². The van der Waals surface area contributed by atoms with Gasteiger partial charge in [-0.05, 0) is 23.6 Å². The van der Waals surface area contributed by atoms with Crippen LogP contribution in [0.15, 0.2) is 34.5 Å². The molecule has 112 valence electrons. The number of rotatable bonds is 4. The van der Waals surface area contributed by atoms with Crippen LogP contribution in [0.2, 0.25) is 0 Å². The molecule has 21 heavy (non-hydrogen) atoms. The molecule has 1 heterocycles. The molecule has 0 aliphatic rings. The SMILES string of the molecule is COC(=O)c1sccc1S(=O)(=O)Nc1cc(F)cc(F)c1. The Morgan fingerprint density at radius 1 is 1.24 bits per heavy atom. The number of hydrogen-bond acceptors (Lipinski definition) is 5. The molecule has 0 atom stereocenters. The van der Waals surface area contributed by atoms with Gasteiger partial charge >= 0.3 is 5.97 Å². The summed E-state index contributed by atoms with van der Waals surface area (Å²) in [7, 11) is -3.04. The summed E-state index contributed by atoms with van der Waals surface area (Å²) in [4.78, 5) is 11.0. The number of methoxy groups -OCH3 is 1. The van der Waals surface area contributed by atoms with Crippen LogP contribution in [0.3, 0.4) is 0 Å². The number of esters is 1. The third kappa shape index (κ3) is 3.37. The Balaban J connectivity index is 2.39. The number of nitrogens with one attached hydrogen (secondary N) is 1. The molecule has 9 heteroatoms. The third-order valence-electron chi connectivity index (χ3n) is 2.40. The molecule has 0 aliphatic heterocycles. The van der Waals surface area contributed by atoms with Gasteiger partial charge in [-0.3, -0.25) is 4.72 Å². The summed E-state index contributed by atoms with van der Waals surface area (Å²) in [5.41, 5.74) is -0.283. The fourth-order valence-corrected chi connectivity index (χ4v) is 3.95. The molecule has 0 radical (unpaired) electrons. The molecule has 5 nitrogen and oxygen atoms in total. The van der Waals surface area contributed by atoms with E-state index >= 15 is 0 Å². The topological polar surface area (TPSA) is 72.5 Å². The summed E-state index contributed by atoms with van der Waals surface area (Å²) in [6, 6.07) is 3.47. The van der Waals surface area contributed by atoms with Crippen molar-refractivity contribution in [1.82, 2.24) is 0 Å². The molecule has 0 saturated carbocycles. The summed E-state index contributed by atoms with van der Waals surface area (Å²) < 4.78 is 57.0. The van der Waals surface area contributed by atoms with Crippen molar-refractivity contribution in [3.05, 3.63) is 46.2 Å². The van der Waals surface area contributed by atoms with Gasteiger partial charge in [0.05, 0.1) is 12.8 Å². The molecule has 2 rings (SSSR count). The summed E-state index contributed by atoms with van der Waals surface area (Å²) in [6.45, 7) is 0. The number of sulfonamides is 1. The van der Waals surface area contributed by atoms with E-state index < -0.39 is 27.6 Å². The first kappa shape index (κ1) is 15.4. The predicted molar refractivity (Wildman–Crippen MR) is 72.8 cm³/mol. The van der Waals surface area contributed by atoms with Gasteiger partial charge in [0.1, 0.15) is 21.4 Å². The molecule has 0 amide bonds. The van der Waals surface area contributed by atoms with Crippen LogP contribution in [0.25, 0.3) is 0 Å². The Hall–Kier alpha value is -2.00. The first-order valence-corrected chi connectivity index (χ1v) is 7.84. The lowest BCUT2D eigenvalue weighted by molar-refractivity contribution is 0.0602. The first-order chi connectivity index (χ1) is 9.83. The Morgan fingerprint density at radius 3 is 2.43 bits per heavy atom. The minimum absolute atomic E-state index is 0.123. The zero-order chi connectivity index (χ0) is 15.6. The maximum atomic E-state index is 13.1. The second kappa shape index (κ2) is 5.78. The number of carbonyl (C=O) groups excluding carboxylic acids is 1. The number of hydrogen-bond donors (Lipinski definition) is 1. The van der Waals surface area contributed by atoms with Gasteiger partial charge in [0.15, 0.2) is 0 Å². The maximum Gasteiger partial charge on any atom is 0.349 e. The molecular weight excluding hydrogens is 324 g/mol. The first-order valence-electron chi connectivity index (χ1n) is 5.48. The van der Waals surface area contributed by atoms with E-state index in [9.17, 15) is 22.0 Å². The van der Waals surface area contributed by atoms with Gasteiger partial charge in [0.25, 0.3) is 10.0 Å². The van der Waals surface area contributed by atoms with Crippen LogP contribution in [0.4, 0.5) is 14.5 Å². The van der Waals surface area contributed by atoms with Crippen molar-refractivity contribution in [2.24, 2.45) is 0 Å². The number of benzene rings is 1. The van der Waals surface area contributed by atoms with E-state index in [-0.39, 0.29) is 15.5 Å². The van der Waals surface area contributed by atoms with E-state index in [0.717, 1.165) is 30.6 Å². The molecule has 0 aliphatic carbocycles. The lowest BCUT2D eigenvalue weighted by atomic mass is 10.3. The van der Waals surface area contributed by atoms with Crippen LogP contribution >= 0.6 is 11.3 Å². The largest absolute Gasteiger partial charge is 0.465 e. The standard InChI is InChI=1S/C12H9F2NO4S2/c1-19-12(16)11-10(2-3-20-11)21(17,18)15-9-5-7(13)4-8(14)6-9/h2-6,15H,1H3. The van der Waals surface area contributed by atoms with E-state index in [2.05, 4.69) is 4.74 Å². The Morgan fingerprint density at radius 2 is 1.86 bits per heavy atom. The fraction of sp³-hybridized carbons (Fsp3) is 0.0833. The summed E-state index contributed by atoms with van der Waals surface area (Å²) >= 11 is 0.884. The van der Waals surface area contributed by atoms with Crippen molar-refractivity contribution in [1.29, 1.82) is 0 Å². The van der Waals surface area contributed by atoms with Gasteiger partial charge in [0.2, 0.25) is 0 Å². The Labute approximate surface area is 123 Å². The smallest absolute Gasteiger partial charge is 0.349 e. The minimum Gasteiger partial charge on any atom is -0.465 e. The predicted octanol–water partition coefficient (Wildman–Crippen LogP) is 2.61. The zero-order valence-corrected chi connectivity index (χ0v) is 12.2. The summed E-state index contributed by atoms with van der Waals surface area (Å²) in [5.74, 6) is -2.66. The number of carbonyl (C=O) groups is 1. The van der Waals surface area contributed by atoms with E-state index in [1.54, 1.807) is 0 Å². The lowest BCUT2D eigenvalue weighted by Crippen LogP contribution is -2.16. The molecule has 1 aromatic heterocycles. The van der Waals surface area contributed by atoms with Crippen molar-refractivity contribution in [3.8, 4) is 0 Å². The number of ether oxygens (including phenoxy) is 1. The normalized spacial score (nSPS) is 11.2. The highest BCUT2D eigenvalue weighted by Crippen LogP contribution is 2.25. The zero-order valence-electron chi connectivity index (χ0n) is 10.6. The van der Waals surface area contributed by atoms with Crippen molar-refractivity contribution in [2.45, 2.75) is 4.90 Å². The average molecular weight is 333 g/mol. The average Bonchev–Trinajstić information content (AvgIpc) is 2.85. The molecule has 1 aromatic carbocycles. The van der Waals surface area contributed by atoms with Crippen molar-refractivity contribution >= 4 is 33.0 Å². The minimum atomic E-state index is -4.16. The number of anilines is 1. The lowest BCUT2D eigenvalue weighted by Gasteiger charge is -2.08. The number of halogens is 2. The van der Waals surface area contributed by atoms with Gasteiger partial charge in [-0.2, -0.15) is 0 Å². The van der Waals surface area contributed by atoms with Gasteiger partial charge in [-0.1, -0.05) is 0 Å². The van der Waals surface area contributed by atoms with Gasteiger partial charge in [0, 0.05) is 6.07 Å².